The highest BCUT2D eigenvalue weighted by Crippen LogP contribution is 2.24. The van der Waals surface area contributed by atoms with Crippen molar-refractivity contribution in [2.75, 3.05) is 13.6 Å². The summed E-state index contributed by atoms with van der Waals surface area (Å²) in [6, 6.07) is 5.45. The van der Waals surface area contributed by atoms with Gasteiger partial charge >= 0.3 is 0 Å². The van der Waals surface area contributed by atoms with E-state index in [1.165, 1.54) is 11.9 Å². The Balaban J connectivity index is 2.00. The summed E-state index contributed by atoms with van der Waals surface area (Å²) in [5.74, 6) is -1.98. The summed E-state index contributed by atoms with van der Waals surface area (Å²) in [6.45, 7) is 4.41. The van der Waals surface area contributed by atoms with E-state index in [1.807, 2.05) is 12.1 Å². The molecular formula is C20H26Cl2N2O3. The van der Waals surface area contributed by atoms with Gasteiger partial charge in [-0.15, -0.1) is 0 Å². The Bertz CT molecular complexity index is 721. The second-order valence-corrected chi connectivity index (χ2v) is 8.38. The third-order valence-corrected chi connectivity index (χ3v) is 5.59. The fraction of sp³-hybridized carbons (Fsp3) is 0.550. The maximum atomic E-state index is 12.6. The van der Waals surface area contributed by atoms with Crippen molar-refractivity contribution in [3.8, 4) is 0 Å². The number of likely N-dealkylation sites (N-methyl/N-ethyl adjacent to an activating group) is 1. The van der Waals surface area contributed by atoms with Crippen LogP contribution in [-0.4, -0.2) is 42.1 Å². The molecule has 1 aliphatic heterocycles. The first-order chi connectivity index (χ1) is 12.7. The predicted octanol–water partition coefficient (Wildman–Crippen LogP) is 3.50. The molecular weight excluding hydrogens is 387 g/mol. The standard InChI is InChI=1S/C20H26Cl2N2O3/c1-12(2)4-7-14(8-5-13-6-9-16(21)17(22)10-13)23-19(26)15-11-24(3)20(27)18(15)25/h6,9-10,12,14-15H,4-5,7-8,11H2,1-3H3,(H,23,26). The van der Waals surface area contributed by atoms with E-state index in [2.05, 4.69) is 19.2 Å². The van der Waals surface area contributed by atoms with Gasteiger partial charge in [0.05, 0.1) is 10.0 Å². The van der Waals surface area contributed by atoms with Gasteiger partial charge in [-0.05, 0) is 49.3 Å². The highest BCUT2D eigenvalue weighted by molar-refractivity contribution is 6.42. The van der Waals surface area contributed by atoms with Gasteiger partial charge in [-0.2, -0.15) is 0 Å². The summed E-state index contributed by atoms with van der Waals surface area (Å²) in [7, 11) is 1.54. The minimum Gasteiger partial charge on any atom is -0.353 e. The largest absolute Gasteiger partial charge is 0.353 e. The Kier molecular flexibility index (Phi) is 7.68. The lowest BCUT2D eigenvalue weighted by molar-refractivity contribution is -0.142. The summed E-state index contributed by atoms with van der Waals surface area (Å²) < 4.78 is 0. The number of carbonyl (C=O) groups excluding carboxylic acids is 3. The highest BCUT2D eigenvalue weighted by atomic mass is 35.5. The van der Waals surface area contributed by atoms with Crippen molar-refractivity contribution in [1.29, 1.82) is 0 Å². The number of nitrogens with zero attached hydrogens (tertiary/aromatic N) is 1. The van der Waals surface area contributed by atoms with Crippen LogP contribution in [0.2, 0.25) is 10.0 Å². The zero-order valence-electron chi connectivity index (χ0n) is 15.9. The average molecular weight is 413 g/mol. The molecule has 1 saturated heterocycles. The Morgan fingerprint density at radius 2 is 1.89 bits per heavy atom. The van der Waals surface area contributed by atoms with Crippen LogP contribution in [-0.2, 0) is 20.8 Å². The molecule has 1 aliphatic rings. The van der Waals surface area contributed by atoms with Crippen LogP contribution in [0.3, 0.4) is 0 Å². The number of halogens is 2. The van der Waals surface area contributed by atoms with Crippen LogP contribution in [0, 0.1) is 11.8 Å². The predicted molar refractivity (Wildman–Crippen MR) is 107 cm³/mol. The van der Waals surface area contributed by atoms with E-state index in [1.54, 1.807) is 6.07 Å². The molecule has 0 spiro atoms. The minimum atomic E-state index is -0.908. The molecule has 0 radical (unpaired) electrons. The molecule has 1 fully saturated rings. The average Bonchev–Trinajstić information content (AvgIpc) is 2.87. The van der Waals surface area contributed by atoms with Gasteiger partial charge in [0.25, 0.3) is 5.91 Å². The molecule has 1 N–H and O–H groups in total. The van der Waals surface area contributed by atoms with E-state index in [0.29, 0.717) is 16.0 Å². The van der Waals surface area contributed by atoms with Gasteiger partial charge in [0.1, 0.15) is 5.92 Å². The number of ketones is 1. The fourth-order valence-electron chi connectivity index (χ4n) is 3.14. The van der Waals surface area contributed by atoms with Gasteiger partial charge in [0.15, 0.2) is 0 Å². The van der Waals surface area contributed by atoms with E-state index >= 15 is 0 Å². The lowest BCUT2D eigenvalue weighted by Crippen LogP contribution is -2.42. The summed E-state index contributed by atoms with van der Waals surface area (Å²) in [5, 5.41) is 4.01. The Morgan fingerprint density at radius 3 is 2.44 bits per heavy atom. The van der Waals surface area contributed by atoms with E-state index < -0.39 is 17.6 Å². The van der Waals surface area contributed by atoms with Crippen molar-refractivity contribution in [3.63, 3.8) is 0 Å². The smallest absolute Gasteiger partial charge is 0.290 e. The van der Waals surface area contributed by atoms with Crippen LogP contribution in [0.15, 0.2) is 18.2 Å². The number of aryl methyl sites for hydroxylation is 1. The fourth-order valence-corrected chi connectivity index (χ4v) is 3.46. The molecule has 0 bridgehead atoms. The Morgan fingerprint density at radius 1 is 1.19 bits per heavy atom. The number of carbonyl (C=O) groups is 3. The third kappa shape index (κ3) is 5.94. The maximum absolute atomic E-state index is 12.6. The molecule has 0 aliphatic carbocycles. The second-order valence-electron chi connectivity index (χ2n) is 7.57. The SMILES string of the molecule is CC(C)CCC(CCc1ccc(Cl)c(Cl)c1)NC(=O)C1CN(C)C(=O)C1=O. The molecule has 148 valence electrons. The summed E-state index contributed by atoms with van der Waals surface area (Å²) in [5.41, 5.74) is 1.04. The van der Waals surface area contributed by atoms with E-state index in [0.717, 1.165) is 31.2 Å². The summed E-state index contributed by atoms with van der Waals surface area (Å²) >= 11 is 12.0. The van der Waals surface area contributed by atoms with E-state index in [-0.39, 0.29) is 18.5 Å². The molecule has 2 atom stereocenters. The zero-order valence-corrected chi connectivity index (χ0v) is 17.4. The normalized spacial score (nSPS) is 18.3. The first-order valence-corrected chi connectivity index (χ1v) is 9.98. The molecule has 5 nitrogen and oxygen atoms in total. The molecule has 2 unspecified atom stereocenters. The summed E-state index contributed by atoms with van der Waals surface area (Å²) in [6.07, 6.45) is 3.23. The molecule has 2 amide bonds. The van der Waals surface area contributed by atoms with Gasteiger partial charge in [0.2, 0.25) is 11.7 Å². The van der Waals surface area contributed by atoms with Crippen molar-refractivity contribution in [1.82, 2.24) is 10.2 Å². The molecule has 0 saturated carbocycles. The molecule has 0 aromatic heterocycles. The molecule has 1 aromatic carbocycles. The van der Waals surface area contributed by atoms with Crippen molar-refractivity contribution in [2.24, 2.45) is 11.8 Å². The number of likely N-dealkylation sites (tertiary alicyclic amines) is 1. The molecule has 1 aromatic rings. The van der Waals surface area contributed by atoms with Crippen LogP contribution >= 0.6 is 23.2 Å². The van der Waals surface area contributed by atoms with Gasteiger partial charge < -0.3 is 10.2 Å². The van der Waals surface area contributed by atoms with Crippen LogP contribution < -0.4 is 5.32 Å². The number of amides is 2. The quantitative estimate of drug-likeness (QED) is 0.524. The molecule has 27 heavy (non-hydrogen) atoms. The number of nitrogens with one attached hydrogen (secondary N) is 1. The molecule has 2 rings (SSSR count). The Hall–Kier alpha value is -1.59. The monoisotopic (exact) mass is 412 g/mol. The van der Waals surface area contributed by atoms with Gasteiger partial charge in [-0.1, -0.05) is 43.1 Å². The number of hydrogen-bond acceptors (Lipinski definition) is 3. The third-order valence-electron chi connectivity index (χ3n) is 4.85. The minimum absolute atomic E-state index is 0.0665. The van der Waals surface area contributed by atoms with Crippen molar-refractivity contribution in [2.45, 2.75) is 45.6 Å². The van der Waals surface area contributed by atoms with Crippen LogP contribution in [0.1, 0.15) is 38.7 Å². The number of Topliss-reactive ketones (excluding diaryl/α,β-unsaturated/α-hetero) is 1. The van der Waals surface area contributed by atoms with E-state index in [9.17, 15) is 14.4 Å². The Labute approximate surface area is 170 Å². The lowest BCUT2D eigenvalue weighted by Gasteiger charge is -2.21. The summed E-state index contributed by atoms with van der Waals surface area (Å²) in [4.78, 5) is 37.5. The van der Waals surface area contributed by atoms with E-state index in [4.69, 9.17) is 23.2 Å². The number of hydrogen-bond donors (Lipinski definition) is 1. The van der Waals surface area contributed by atoms with Crippen LogP contribution in [0.4, 0.5) is 0 Å². The number of rotatable bonds is 8. The molecule has 7 heteroatoms. The maximum Gasteiger partial charge on any atom is 0.290 e. The van der Waals surface area contributed by atoms with Crippen molar-refractivity contribution < 1.29 is 14.4 Å². The first kappa shape index (κ1) is 21.7. The van der Waals surface area contributed by atoms with Gasteiger partial charge in [-0.3, -0.25) is 14.4 Å². The lowest BCUT2D eigenvalue weighted by atomic mass is 9.96. The number of benzene rings is 1. The first-order valence-electron chi connectivity index (χ1n) is 9.22. The molecule has 1 heterocycles. The zero-order chi connectivity index (χ0) is 20.1. The van der Waals surface area contributed by atoms with Crippen LogP contribution in [0.25, 0.3) is 0 Å². The van der Waals surface area contributed by atoms with Gasteiger partial charge in [0, 0.05) is 19.6 Å². The van der Waals surface area contributed by atoms with Crippen molar-refractivity contribution in [3.05, 3.63) is 33.8 Å². The topological polar surface area (TPSA) is 66.5 Å². The van der Waals surface area contributed by atoms with Crippen molar-refractivity contribution >= 4 is 40.8 Å². The van der Waals surface area contributed by atoms with Gasteiger partial charge in [-0.25, -0.2) is 0 Å². The highest BCUT2D eigenvalue weighted by Gasteiger charge is 2.41. The second kappa shape index (κ2) is 9.56. The van der Waals surface area contributed by atoms with Crippen LogP contribution in [0.5, 0.6) is 0 Å².